The van der Waals surface area contributed by atoms with Gasteiger partial charge < -0.3 is 20.9 Å². The molecular formula is C12H24N4O2. The Kier molecular flexibility index (Phi) is 6.49. The lowest BCUT2D eigenvalue weighted by atomic mass is 10.1. The second kappa shape index (κ2) is 7.92. The first-order chi connectivity index (χ1) is 8.61. The summed E-state index contributed by atoms with van der Waals surface area (Å²) in [5.74, 6) is 0.0380. The molecule has 6 nitrogen and oxygen atoms in total. The molecule has 0 aromatic carbocycles. The van der Waals surface area contributed by atoms with Crippen LogP contribution in [0.5, 0.6) is 0 Å². The maximum atomic E-state index is 11.8. The molecule has 0 aromatic rings. The Bertz CT molecular complexity index is 273. The highest BCUT2D eigenvalue weighted by molar-refractivity contribution is 5.81. The lowest BCUT2D eigenvalue weighted by Crippen LogP contribution is -2.46. The maximum Gasteiger partial charge on any atom is 0.316 e. The minimum atomic E-state index is -0.142. The van der Waals surface area contributed by atoms with E-state index in [0.717, 1.165) is 25.8 Å². The van der Waals surface area contributed by atoms with E-state index >= 15 is 0 Å². The van der Waals surface area contributed by atoms with E-state index in [9.17, 15) is 9.59 Å². The van der Waals surface area contributed by atoms with Gasteiger partial charge in [-0.25, -0.2) is 4.79 Å². The molecule has 0 bridgehead atoms. The summed E-state index contributed by atoms with van der Waals surface area (Å²) in [6, 6.07) is -0.214. The Labute approximate surface area is 108 Å². The summed E-state index contributed by atoms with van der Waals surface area (Å²) in [4.78, 5) is 24.5. The van der Waals surface area contributed by atoms with Crippen LogP contribution in [-0.2, 0) is 4.79 Å². The zero-order valence-corrected chi connectivity index (χ0v) is 11.3. The molecule has 1 aliphatic rings. The van der Waals surface area contributed by atoms with E-state index in [1.165, 1.54) is 11.3 Å². The monoisotopic (exact) mass is 256 g/mol. The van der Waals surface area contributed by atoms with Crippen LogP contribution in [0.4, 0.5) is 4.79 Å². The maximum absolute atomic E-state index is 11.8. The average molecular weight is 256 g/mol. The van der Waals surface area contributed by atoms with Gasteiger partial charge in [-0.2, -0.15) is 0 Å². The fraction of sp³-hybridized carbons (Fsp3) is 0.833. The van der Waals surface area contributed by atoms with Gasteiger partial charge in [0.1, 0.15) is 0 Å². The van der Waals surface area contributed by atoms with E-state index in [-0.39, 0.29) is 18.0 Å². The molecule has 3 N–H and O–H groups in total. The molecule has 0 radical (unpaired) electrons. The molecular weight excluding hydrogens is 232 g/mol. The van der Waals surface area contributed by atoms with Crippen LogP contribution in [-0.4, -0.2) is 56.6 Å². The lowest BCUT2D eigenvalue weighted by molar-refractivity contribution is -0.123. The molecule has 3 amide bonds. The van der Waals surface area contributed by atoms with Gasteiger partial charge in [0.2, 0.25) is 5.91 Å². The minimum Gasteiger partial charge on any atom is -0.353 e. The van der Waals surface area contributed by atoms with Gasteiger partial charge in [0.05, 0.1) is 6.04 Å². The Morgan fingerprint density at radius 1 is 1.17 bits per heavy atom. The number of nitrogens with zero attached hydrogens (tertiary/aromatic N) is 1. The number of nitrogens with one attached hydrogen (secondary N) is 3. The second-order valence-electron chi connectivity index (χ2n) is 4.77. The highest BCUT2D eigenvalue weighted by Gasteiger charge is 2.18. The summed E-state index contributed by atoms with van der Waals surface area (Å²) in [5, 5.41) is 8.79. The summed E-state index contributed by atoms with van der Waals surface area (Å²) >= 11 is 0. The summed E-state index contributed by atoms with van der Waals surface area (Å²) in [5.41, 5.74) is 0. The average Bonchev–Trinajstić information content (AvgIpc) is 2.62. The van der Waals surface area contributed by atoms with E-state index in [1.807, 2.05) is 0 Å². The van der Waals surface area contributed by atoms with Crippen molar-refractivity contribution < 1.29 is 9.59 Å². The quantitative estimate of drug-likeness (QED) is 0.615. The standard InChI is InChI=1S/C12H24N4O2/c1-16(2)12(18)15-9-8-14-11(17)10-6-4-3-5-7-13-10/h10,13H,3-9H2,1-2H3,(H,14,17)(H,15,18). The van der Waals surface area contributed by atoms with E-state index in [4.69, 9.17) is 0 Å². The number of rotatable bonds is 4. The highest BCUT2D eigenvalue weighted by atomic mass is 16.2. The van der Waals surface area contributed by atoms with Crippen molar-refractivity contribution in [2.24, 2.45) is 0 Å². The predicted octanol–water partition coefficient (Wildman–Crippen LogP) is -0.0940. The fourth-order valence-electron chi connectivity index (χ4n) is 1.89. The minimum absolute atomic E-state index is 0.0380. The third-order valence-electron chi connectivity index (χ3n) is 2.98. The van der Waals surface area contributed by atoms with Crippen LogP contribution in [0.25, 0.3) is 0 Å². The van der Waals surface area contributed by atoms with E-state index < -0.39 is 0 Å². The Morgan fingerprint density at radius 3 is 2.61 bits per heavy atom. The highest BCUT2D eigenvalue weighted by Crippen LogP contribution is 2.08. The van der Waals surface area contributed by atoms with Gasteiger partial charge in [-0.05, 0) is 19.4 Å². The smallest absolute Gasteiger partial charge is 0.316 e. The zero-order valence-electron chi connectivity index (χ0n) is 11.3. The van der Waals surface area contributed by atoms with Gasteiger partial charge in [-0.15, -0.1) is 0 Å². The SMILES string of the molecule is CN(C)C(=O)NCCNC(=O)C1CCCCCN1. The van der Waals surface area contributed by atoms with Crippen molar-refractivity contribution in [3.63, 3.8) is 0 Å². The van der Waals surface area contributed by atoms with Crippen molar-refractivity contribution >= 4 is 11.9 Å². The fourth-order valence-corrected chi connectivity index (χ4v) is 1.89. The van der Waals surface area contributed by atoms with Crippen molar-refractivity contribution in [1.29, 1.82) is 0 Å². The van der Waals surface area contributed by atoms with Crippen LogP contribution in [0, 0.1) is 0 Å². The number of hydrogen-bond donors (Lipinski definition) is 3. The molecule has 1 rings (SSSR count). The first-order valence-corrected chi connectivity index (χ1v) is 6.57. The molecule has 0 saturated carbocycles. The van der Waals surface area contributed by atoms with Gasteiger partial charge in [0.15, 0.2) is 0 Å². The number of amides is 3. The van der Waals surface area contributed by atoms with Gasteiger partial charge in [-0.3, -0.25) is 4.79 Å². The largest absolute Gasteiger partial charge is 0.353 e. The summed E-state index contributed by atoms with van der Waals surface area (Å²) in [6.45, 7) is 1.83. The van der Waals surface area contributed by atoms with Crippen LogP contribution in [0.15, 0.2) is 0 Å². The zero-order chi connectivity index (χ0) is 13.4. The number of carbonyl (C=O) groups is 2. The lowest BCUT2D eigenvalue weighted by Gasteiger charge is -2.16. The molecule has 18 heavy (non-hydrogen) atoms. The molecule has 6 heteroatoms. The van der Waals surface area contributed by atoms with Crippen molar-refractivity contribution in [1.82, 2.24) is 20.9 Å². The van der Waals surface area contributed by atoms with E-state index in [2.05, 4.69) is 16.0 Å². The molecule has 104 valence electrons. The molecule has 1 fully saturated rings. The summed E-state index contributed by atoms with van der Waals surface area (Å²) in [6.07, 6.45) is 4.33. The van der Waals surface area contributed by atoms with Crippen LogP contribution in [0.2, 0.25) is 0 Å². The number of hydrogen-bond acceptors (Lipinski definition) is 3. The Balaban J connectivity index is 2.14. The molecule has 1 saturated heterocycles. The van der Waals surface area contributed by atoms with Crippen LogP contribution in [0.1, 0.15) is 25.7 Å². The molecule has 0 aliphatic carbocycles. The molecule has 0 aromatic heterocycles. The molecule has 1 unspecified atom stereocenters. The molecule has 0 spiro atoms. The normalized spacial score (nSPS) is 19.8. The van der Waals surface area contributed by atoms with E-state index in [0.29, 0.717) is 13.1 Å². The van der Waals surface area contributed by atoms with Gasteiger partial charge in [-0.1, -0.05) is 12.8 Å². The third kappa shape index (κ3) is 5.35. The predicted molar refractivity (Wildman–Crippen MR) is 70.4 cm³/mol. The van der Waals surface area contributed by atoms with Gasteiger partial charge >= 0.3 is 6.03 Å². The van der Waals surface area contributed by atoms with Crippen LogP contribution < -0.4 is 16.0 Å². The Hall–Kier alpha value is -1.30. The molecule has 1 aliphatic heterocycles. The van der Waals surface area contributed by atoms with E-state index in [1.54, 1.807) is 14.1 Å². The molecule has 1 atom stereocenters. The third-order valence-corrected chi connectivity index (χ3v) is 2.98. The number of urea groups is 1. The van der Waals surface area contributed by atoms with Crippen LogP contribution in [0.3, 0.4) is 0 Å². The van der Waals surface area contributed by atoms with Crippen molar-refractivity contribution in [3.8, 4) is 0 Å². The summed E-state index contributed by atoms with van der Waals surface area (Å²) < 4.78 is 0. The second-order valence-corrected chi connectivity index (χ2v) is 4.77. The number of carbonyl (C=O) groups excluding carboxylic acids is 2. The molecule has 1 heterocycles. The van der Waals surface area contributed by atoms with Crippen molar-refractivity contribution in [3.05, 3.63) is 0 Å². The topological polar surface area (TPSA) is 73.5 Å². The first kappa shape index (κ1) is 14.8. The van der Waals surface area contributed by atoms with Crippen LogP contribution >= 0.6 is 0 Å². The Morgan fingerprint density at radius 2 is 1.89 bits per heavy atom. The summed E-state index contributed by atoms with van der Waals surface area (Å²) in [7, 11) is 3.37. The van der Waals surface area contributed by atoms with Crippen molar-refractivity contribution in [2.45, 2.75) is 31.7 Å². The van der Waals surface area contributed by atoms with Crippen molar-refractivity contribution in [2.75, 3.05) is 33.7 Å². The van der Waals surface area contributed by atoms with Gasteiger partial charge in [0.25, 0.3) is 0 Å². The first-order valence-electron chi connectivity index (χ1n) is 6.57. The van der Waals surface area contributed by atoms with Gasteiger partial charge in [0, 0.05) is 27.2 Å².